The third kappa shape index (κ3) is 6.28. The van der Waals surface area contributed by atoms with Gasteiger partial charge in [-0.2, -0.15) is 13.2 Å². The molecular weight excluding hydrogens is 409 g/mol. The SMILES string of the molecule is COCCNS(=O)(=O)c1ccc(C(=O)N(C)Cc2ccc(C(F)(F)F)cc2)cc1. The fourth-order valence-electron chi connectivity index (χ4n) is 2.50. The van der Waals surface area contributed by atoms with Crippen LogP contribution in [0.25, 0.3) is 0 Å². The number of methoxy groups -OCH3 is 1. The average Bonchev–Trinajstić information content (AvgIpc) is 2.67. The minimum absolute atomic E-state index is 0.00976. The molecular formula is C19H21F3N2O4S. The smallest absolute Gasteiger partial charge is 0.383 e. The summed E-state index contributed by atoms with van der Waals surface area (Å²) in [5, 5.41) is 0. The van der Waals surface area contributed by atoms with Gasteiger partial charge in [-0.25, -0.2) is 13.1 Å². The van der Waals surface area contributed by atoms with Crippen molar-refractivity contribution in [1.82, 2.24) is 9.62 Å². The fourth-order valence-corrected chi connectivity index (χ4v) is 3.52. The highest BCUT2D eigenvalue weighted by molar-refractivity contribution is 7.89. The number of hydrogen-bond acceptors (Lipinski definition) is 4. The molecule has 2 aromatic rings. The lowest BCUT2D eigenvalue weighted by atomic mass is 10.1. The molecule has 0 fully saturated rings. The highest BCUT2D eigenvalue weighted by Gasteiger charge is 2.30. The molecule has 0 saturated carbocycles. The predicted octanol–water partition coefficient (Wildman–Crippen LogP) is 2.90. The van der Waals surface area contributed by atoms with Crippen LogP contribution in [-0.4, -0.2) is 46.5 Å². The van der Waals surface area contributed by atoms with E-state index in [1.165, 1.54) is 55.5 Å². The van der Waals surface area contributed by atoms with E-state index >= 15 is 0 Å². The molecule has 0 aliphatic carbocycles. The van der Waals surface area contributed by atoms with Crippen LogP contribution in [-0.2, 0) is 27.5 Å². The Bertz CT molecular complexity index is 927. The van der Waals surface area contributed by atoms with Gasteiger partial charge in [-0.05, 0) is 42.0 Å². The Labute approximate surface area is 167 Å². The summed E-state index contributed by atoms with van der Waals surface area (Å²) in [5.74, 6) is -0.388. The van der Waals surface area contributed by atoms with Gasteiger partial charge in [-0.15, -0.1) is 0 Å². The summed E-state index contributed by atoms with van der Waals surface area (Å²) in [5.41, 5.74) is 0.0387. The fraction of sp³-hybridized carbons (Fsp3) is 0.316. The van der Waals surface area contributed by atoms with Gasteiger partial charge in [0.15, 0.2) is 0 Å². The van der Waals surface area contributed by atoms with Gasteiger partial charge in [-0.3, -0.25) is 4.79 Å². The maximum absolute atomic E-state index is 12.6. The average molecular weight is 430 g/mol. The number of nitrogens with one attached hydrogen (secondary N) is 1. The molecule has 1 amide bonds. The molecule has 0 heterocycles. The molecule has 0 spiro atoms. The van der Waals surface area contributed by atoms with E-state index in [1.54, 1.807) is 0 Å². The Hall–Kier alpha value is -2.43. The molecule has 29 heavy (non-hydrogen) atoms. The summed E-state index contributed by atoms with van der Waals surface area (Å²) in [7, 11) is -0.742. The Morgan fingerprint density at radius 1 is 1.07 bits per heavy atom. The third-order valence-electron chi connectivity index (χ3n) is 4.06. The second kappa shape index (κ2) is 9.38. The molecule has 10 heteroatoms. The van der Waals surface area contributed by atoms with E-state index in [0.29, 0.717) is 5.56 Å². The maximum Gasteiger partial charge on any atom is 0.416 e. The number of halogens is 3. The largest absolute Gasteiger partial charge is 0.416 e. The normalized spacial score (nSPS) is 12.0. The van der Waals surface area contributed by atoms with Gasteiger partial charge in [0.25, 0.3) is 5.91 Å². The number of sulfonamides is 1. The predicted molar refractivity (Wildman–Crippen MR) is 101 cm³/mol. The van der Waals surface area contributed by atoms with Crippen molar-refractivity contribution in [2.24, 2.45) is 0 Å². The number of rotatable bonds is 8. The first-order valence-corrected chi connectivity index (χ1v) is 10.0. The molecule has 0 unspecified atom stereocenters. The van der Waals surface area contributed by atoms with Crippen LogP contribution in [0, 0.1) is 0 Å². The lowest BCUT2D eigenvalue weighted by Crippen LogP contribution is -2.28. The summed E-state index contributed by atoms with van der Waals surface area (Å²) < 4.78 is 69.2. The first-order chi connectivity index (χ1) is 13.5. The van der Waals surface area contributed by atoms with Crippen LogP contribution < -0.4 is 4.72 Å². The van der Waals surface area contributed by atoms with Crippen LogP contribution in [0.3, 0.4) is 0 Å². The van der Waals surface area contributed by atoms with Gasteiger partial charge in [0.2, 0.25) is 10.0 Å². The van der Waals surface area contributed by atoms with Crippen LogP contribution in [0.4, 0.5) is 13.2 Å². The van der Waals surface area contributed by atoms with E-state index < -0.39 is 21.8 Å². The summed E-state index contributed by atoms with van der Waals surface area (Å²) >= 11 is 0. The first-order valence-electron chi connectivity index (χ1n) is 8.55. The van der Waals surface area contributed by atoms with Crippen LogP contribution in [0.2, 0.25) is 0 Å². The zero-order chi connectivity index (χ0) is 21.7. The number of alkyl halides is 3. The van der Waals surface area contributed by atoms with Crippen molar-refractivity contribution in [3.63, 3.8) is 0 Å². The van der Waals surface area contributed by atoms with E-state index in [9.17, 15) is 26.4 Å². The summed E-state index contributed by atoms with van der Waals surface area (Å²) in [4.78, 5) is 13.9. The van der Waals surface area contributed by atoms with Gasteiger partial charge in [0, 0.05) is 32.8 Å². The van der Waals surface area contributed by atoms with Gasteiger partial charge < -0.3 is 9.64 Å². The highest BCUT2D eigenvalue weighted by atomic mass is 32.2. The van der Waals surface area contributed by atoms with E-state index in [4.69, 9.17) is 4.74 Å². The molecule has 0 aliphatic rings. The molecule has 0 aromatic heterocycles. The van der Waals surface area contributed by atoms with E-state index in [0.717, 1.165) is 12.1 Å². The summed E-state index contributed by atoms with van der Waals surface area (Å²) in [6.45, 7) is 0.454. The lowest BCUT2D eigenvalue weighted by Gasteiger charge is -2.18. The number of hydrogen-bond donors (Lipinski definition) is 1. The van der Waals surface area contributed by atoms with Crippen molar-refractivity contribution in [1.29, 1.82) is 0 Å². The monoisotopic (exact) mass is 430 g/mol. The second-order valence-corrected chi connectivity index (χ2v) is 8.04. The minimum atomic E-state index is -4.42. The zero-order valence-electron chi connectivity index (χ0n) is 15.9. The Morgan fingerprint density at radius 3 is 2.17 bits per heavy atom. The summed E-state index contributed by atoms with van der Waals surface area (Å²) in [6.07, 6.45) is -4.42. The molecule has 6 nitrogen and oxygen atoms in total. The molecule has 2 aromatic carbocycles. The molecule has 0 atom stereocenters. The molecule has 158 valence electrons. The third-order valence-corrected chi connectivity index (χ3v) is 5.53. The van der Waals surface area contributed by atoms with Crippen LogP contribution in [0.1, 0.15) is 21.5 Å². The number of benzene rings is 2. The maximum atomic E-state index is 12.6. The van der Waals surface area contributed by atoms with Crippen LogP contribution in [0.15, 0.2) is 53.4 Å². The van der Waals surface area contributed by atoms with Crippen LogP contribution >= 0.6 is 0 Å². The van der Waals surface area contributed by atoms with Crippen LogP contribution in [0.5, 0.6) is 0 Å². The van der Waals surface area contributed by atoms with Gasteiger partial charge >= 0.3 is 6.18 Å². The molecule has 0 saturated heterocycles. The van der Waals surface area contributed by atoms with Gasteiger partial charge in [-0.1, -0.05) is 12.1 Å². The topological polar surface area (TPSA) is 75.7 Å². The number of carbonyl (C=O) groups is 1. The highest BCUT2D eigenvalue weighted by Crippen LogP contribution is 2.29. The van der Waals surface area contributed by atoms with Crippen molar-refractivity contribution in [2.45, 2.75) is 17.6 Å². The van der Waals surface area contributed by atoms with E-state index in [2.05, 4.69) is 4.72 Å². The van der Waals surface area contributed by atoms with Crippen molar-refractivity contribution >= 4 is 15.9 Å². The zero-order valence-corrected chi connectivity index (χ0v) is 16.7. The number of amides is 1. The first kappa shape index (κ1) is 22.9. The Kier molecular flexibility index (Phi) is 7.39. The minimum Gasteiger partial charge on any atom is -0.383 e. The number of ether oxygens (including phenoxy) is 1. The second-order valence-electron chi connectivity index (χ2n) is 6.27. The van der Waals surface area contributed by atoms with Crippen molar-refractivity contribution in [3.8, 4) is 0 Å². The molecule has 0 bridgehead atoms. The van der Waals surface area contributed by atoms with Crippen molar-refractivity contribution < 1.29 is 31.1 Å². The molecule has 0 radical (unpaired) electrons. The van der Waals surface area contributed by atoms with E-state index in [1.807, 2.05) is 0 Å². The number of nitrogens with zero attached hydrogens (tertiary/aromatic N) is 1. The molecule has 1 N–H and O–H groups in total. The van der Waals surface area contributed by atoms with Gasteiger partial charge in [0.1, 0.15) is 0 Å². The lowest BCUT2D eigenvalue weighted by molar-refractivity contribution is -0.137. The Morgan fingerprint density at radius 2 is 1.66 bits per heavy atom. The Balaban J connectivity index is 2.04. The number of carbonyl (C=O) groups excluding carboxylic acids is 1. The standard InChI is InChI=1S/C19H21F3N2O4S/c1-24(13-14-3-7-16(8-4-14)19(20,21)22)18(25)15-5-9-17(10-6-15)29(26,27)23-11-12-28-2/h3-10,23H,11-13H2,1-2H3. The molecule has 0 aliphatic heterocycles. The quantitative estimate of drug-likeness (QED) is 0.654. The van der Waals surface area contributed by atoms with Crippen molar-refractivity contribution in [3.05, 3.63) is 65.2 Å². The molecule has 2 rings (SSSR count). The van der Waals surface area contributed by atoms with Gasteiger partial charge in [0.05, 0.1) is 17.1 Å². The van der Waals surface area contributed by atoms with Crippen molar-refractivity contribution in [2.75, 3.05) is 27.3 Å². The van der Waals surface area contributed by atoms with E-state index in [-0.39, 0.29) is 36.1 Å². The summed E-state index contributed by atoms with van der Waals surface area (Å²) in [6, 6.07) is 9.95.